The van der Waals surface area contributed by atoms with Gasteiger partial charge in [-0.3, -0.25) is 4.79 Å². The van der Waals surface area contributed by atoms with Gasteiger partial charge in [0.1, 0.15) is 12.2 Å². The van der Waals surface area contributed by atoms with Crippen molar-refractivity contribution in [3.8, 4) is 0 Å². The summed E-state index contributed by atoms with van der Waals surface area (Å²) in [4.78, 5) is 10.3. The van der Waals surface area contributed by atoms with Crippen LogP contribution in [0.5, 0.6) is 0 Å². The summed E-state index contributed by atoms with van der Waals surface area (Å²) in [6, 6.07) is 0. The topological polar surface area (TPSA) is 77.8 Å². The summed E-state index contributed by atoms with van der Waals surface area (Å²) in [6.07, 6.45) is 20.7. The van der Waals surface area contributed by atoms with Crippen molar-refractivity contribution < 1.29 is 20.1 Å². The molecule has 0 aromatic carbocycles. The maximum atomic E-state index is 10.3. The molecule has 0 amide bonds. The van der Waals surface area contributed by atoms with E-state index in [1.165, 1.54) is 0 Å². The van der Waals surface area contributed by atoms with Gasteiger partial charge in [0, 0.05) is 6.42 Å². The Balaban J connectivity index is 3.88. The smallest absolute Gasteiger partial charge is 0.303 e. The first kappa shape index (κ1) is 22.1. The number of carboxylic acids is 1. The molecule has 0 bridgehead atoms. The first-order chi connectivity index (χ1) is 11.6. The van der Waals surface area contributed by atoms with E-state index in [9.17, 15) is 15.0 Å². The summed E-state index contributed by atoms with van der Waals surface area (Å²) in [7, 11) is 0. The Morgan fingerprint density at radius 2 is 1.54 bits per heavy atom. The molecule has 0 fully saturated rings. The molecule has 0 heterocycles. The van der Waals surface area contributed by atoms with Crippen molar-refractivity contribution in [2.75, 3.05) is 0 Å². The van der Waals surface area contributed by atoms with Crippen molar-refractivity contribution in [2.24, 2.45) is 0 Å². The Kier molecular flexibility index (Phi) is 14.7. The Morgan fingerprint density at radius 1 is 0.875 bits per heavy atom. The lowest BCUT2D eigenvalue weighted by molar-refractivity contribution is -0.137. The summed E-state index contributed by atoms with van der Waals surface area (Å²) in [5, 5.41) is 28.0. The molecular formula is C20H30O4. The molecule has 134 valence electrons. The fourth-order valence-corrected chi connectivity index (χ4v) is 1.79. The van der Waals surface area contributed by atoms with Crippen LogP contribution in [-0.2, 0) is 4.79 Å². The van der Waals surface area contributed by atoms with Crippen molar-refractivity contribution in [1.82, 2.24) is 0 Å². The molecule has 2 atom stereocenters. The number of allylic oxidation sites excluding steroid dienone is 8. The van der Waals surface area contributed by atoms with Crippen LogP contribution in [-0.4, -0.2) is 33.5 Å². The lowest BCUT2D eigenvalue weighted by atomic mass is 10.1. The maximum Gasteiger partial charge on any atom is 0.303 e. The van der Waals surface area contributed by atoms with Crippen LogP contribution >= 0.6 is 0 Å². The summed E-state index contributed by atoms with van der Waals surface area (Å²) in [5.74, 6) is -0.763. The zero-order chi connectivity index (χ0) is 18.0. The lowest BCUT2D eigenvalue weighted by Crippen LogP contribution is -2.20. The van der Waals surface area contributed by atoms with Gasteiger partial charge in [0.25, 0.3) is 0 Å². The van der Waals surface area contributed by atoms with E-state index < -0.39 is 18.2 Å². The second kappa shape index (κ2) is 16.0. The first-order valence-corrected chi connectivity index (χ1v) is 8.45. The van der Waals surface area contributed by atoms with Crippen LogP contribution < -0.4 is 0 Å². The lowest BCUT2D eigenvalue weighted by Gasteiger charge is -2.09. The third kappa shape index (κ3) is 15.0. The number of carbonyl (C=O) groups is 1. The molecule has 4 nitrogen and oxygen atoms in total. The second-order valence-corrected chi connectivity index (χ2v) is 5.33. The van der Waals surface area contributed by atoms with Crippen molar-refractivity contribution in [3.05, 3.63) is 60.8 Å². The Labute approximate surface area is 145 Å². The van der Waals surface area contributed by atoms with E-state index in [2.05, 4.69) is 13.0 Å². The standard InChI is InChI=1S/C20H30O4/c1-2-3-4-9-12-15-18(21)19(22)16-13-10-7-5-6-8-11-14-17-20(23)24/h3-4,6-8,10,12-13,15-16,18-19,21-22H,2,5,9,11,14,17H2,1H3,(H,23,24)/b4-3-,8-6-,10-7-,15-12-,16-13-/t18-,19+/m0/s1. The average Bonchev–Trinajstić information content (AvgIpc) is 2.55. The number of aliphatic carboxylic acids is 1. The molecule has 0 aliphatic heterocycles. The van der Waals surface area contributed by atoms with E-state index >= 15 is 0 Å². The number of hydrogen-bond acceptors (Lipinski definition) is 3. The molecule has 0 aliphatic carbocycles. The van der Waals surface area contributed by atoms with Gasteiger partial charge < -0.3 is 15.3 Å². The van der Waals surface area contributed by atoms with Crippen molar-refractivity contribution in [3.63, 3.8) is 0 Å². The van der Waals surface area contributed by atoms with Gasteiger partial charge in [-0.1, -0.05) is 67.7 Å². The van der Waals surface area contributed by atoms with E-state index in [0.717, 1.165) is 25.7 Å². The van der Waals surface area contributed by atoms with Crippen LogP contribution in [0, 0.1) is 0 Å². The van der Waals surface area contributed by atoms with E-state index in [4.69, 9.17) is 5.11 Å². The highest BCUT2D eigenvalue weighted by Crippen LogP contribution is 2.01. The van der Waals surface area contributed by atoms with Gasteiger partial charge in [0.05, 0.1) is 0 Å². The number of aliphatic hydroxyl groups excluding tert-OH is 2. The summed E-state index contributed by atoms with van der Waals surface area (Å²) >= 11 is 0. The highest BCUT2D eigenvalue weighted by Gasteiger charge is 2.07. The minimum absolute atomic E-state index is 0.201. The quantitative estimate of drug-likeness (QED) is 0.271. The molecule has 0 rings (SSSR count). The summed E-state index contributed by atoms with van der Waals surface area (Å²) in [6.45, 7) is 2.06. The third-order valence-electron chi connectivity index (χ3n) is 3.11. The zero-order valence-electron chi connectivity index (χ0n) is 14.4. The molecule has 0 aromatic heterocycles. The Morgan fingerprint density at radius 3 is 2.25 bits per heavy atom. The Bertz CT molecular complexity index is 458. The molecule has 0 aliphatic rings. The number of rotatable bonds is 13. The largest absolute Gasteiger partial charge is 0.481 e. The molecule has 0 saturated carbocycles. The van der Waals surface area contributed by atoms with Gasteiger partial charge in [-0.2, -0.15) is 0 Å². The molecule has 4 heteroatoms. The third-order valence-corrected chi connectivity index (χ3v) is 3.11. The van der Waals surface area contributed by atoms with E-state index in [0.29, 0.717) is 6.42 Å². The fourth-order valence-electron chi connectivity index (χ4n) is 1.79. The normalized spacial score (nSPS) is 15.5. The van der Waals surface area contributed by atoms with Crippen LogP contribution in [0.3, 0.4) is 0 Å². The van der Waals surface area contributed by atoms with Crippen molar-refractivity contribution in [2.45, 2.75) is 57.7 Å². The molecule has 0 unspecified atom stereocenters. The van der Waals surface area contributed by atoms with E-state index in [-0.39, 0.29) is 6.42 Å². The van der Waals surface area contributed by atoms with E-state index in [1.54, 1.807) is 18.2 Å². The second-order valence-electron chi connectivity index (χ2n) is 5.33. The number of carboxylic acid groups (broad SMARTS) is 1. The van der Waals surface area contributed by atoms with Crippen LogP contribution in [0.15, 0.2) is 60.8 Å². The molecule has 0 spiro atoms. The van der Waals surface area contributed by atoms with Crippen molar-refractivity contribution >= 4 is 5.97 Å². The van der Waals surface area contributed by atoms with Crippen LogP contribution in [0.1, 0.15) is 45.4 Å². The van der Waals surface area contributed by atoms with Gasteiger partial charge in [-0.15, -0.1) is 0 Å². The molecule has 0 radical (unpaired) electrons. The molecule has 0 saturated heterocycles. The first-order valence-electron chi connectivity index (χ1n) is 8.45. The number of unbranched alkanes of at least 4 members (excludes halogenated alkanes) is 1. The van der Waals surface area contributed by atoms with Crippen LogP contribution in [0.25, 0.3) is 0 Å². The van der Waals surface area contributed by atoms with Crippen molar-refractivity contribution in [1.29, 1.82) is 0 Å². The molecule has 0 aromatic rings. The summed E-state index contributed by atoms with van der Waals surface area (Å²) < 4.78 is 0. The predicted octanol–water partition coefficient (Wildman–Crippen LogP) is 3.93. The SMILES string of the molecule is CC/C=C\C/C=C\[C@H](O)[C@H](O)/C=C\C=C/C/C=C\CCCC(=O)O. The minimum Gasteiger partial charge on any atom is -0.481 e. The average molecular weight is 334 g/mol. The molecular weight excluding hydrogens is 304 g/mol. The minimum atomic E-state index is -0.924. The maximum absolute atomic E-state index is 10.3. The fraction of sp³-hybridized carbons (Fsp3) is 0.450. The summed E-state index contributed by atoms with van der Waals surface area (Å²) in [5.41, 5.74) is 0. The van der Waals surface area contributed by atoms with Gasteiger partial charge in [-0.05, 0) is 32.1 Å². The number of aliphatic hydroxyl groups is 2. The van der Waals surface area contributed by atoms with Gasteiger partial charge in [-0.25, -0.2) is 0 Å². The highest BCUT2D eigenvalue weighted by molar-refractivity contribution is 5.66. The number of hydrogen-bond donors (Lipinski definition) is 3. The van der Waals surface area contributed by atoms with E-state index in [1.807, 2.05) is 36.5 Å². The van der Waals surface area contributed by atoms with Gasteiger partial charge in [0.2, 0.25) is 0 Å². The van der Waals surface area contributed by atoms with Crippen LogP contribution in [0.2, 0.25) is 0 Å². The predicted molar refractivity (Wildman–Crippen MR) is 98.7 cm³/mol. The highest BCUT2D eigenvalue weighted by atomic mass is 16.4. The molecule has 24 heavy (non-hydrogen) atoms. The van der Waals surface area contributed by atoms with Crippen LogP contribution in [0.4, 0.5) is 0 Å². The molecule has 3 N–H and O–H groups in total. The van der Waals surface area contributed by atoms with Gasteiger partial charge >= 0.3 is 5.97 Å². The zero-order valence-corrected chi connectivity index (χ0v) is 14.4. The Hall–Kier alpha value is -1.91. The van der Waals surface area contributed by atoms with Gasteiger partial charge in [0.15, 0.2) is 0 Å². The monoisotopic (exact) mass is 334 g/mol.